The van der Waals surface area contributed by atoms with Gasteiger partial charge in [-0.25, -0.2) is 23.4 Å². The van der Waals surface area contributed by atoms with Crippen molar-refractivity contribution in [1.82, 2.24) is 9.88 Å². The zero-order valence-electron chi connectivity index (χ0n) is 31.1. The number of rotatable bonds is 11. The molecule has 282 valence electrons. The van der Waals surface area contributed by atoms with Crippen LogP contribution in [0.4, 0.5) is 25.0 Å². The lowest BCUT2D eigenvalue weighted by atomic mass is 10.0. The number of hydrogen-bond donors (Lipinski definition) is 2. The lowest BCUT2D eigenvalue weighted by Crippen LogP contribution is -2.55. The average Bonchev–Trinajstić information content (AvgIpc) is 3.07. The highest BCUT2D eigenvalue weighted by Crippen LogP contribution is 2.29. The van der Waals surface area contributed by atoms with Crippen molar-refractivity contribution >= 4 is 29.3 Å². The van der Waals surface area contributed by atoms with Crippen molar-refractivity contribution in [1.29, 1.82) is 5.26 Å². The zero-order chi connectivity index (χ0) is 39.2. The minimum atomic E-state index is -0.725. The Morgan fingerprint density at radius 1 is 0.889 bits per heavy atom. The summed E-state index contributed by atoms with van der Waals surface area (Å²) < 4.78 is 46.4. The largest absolute Gasteiger partial charge is 0.473 e. The monoisotopic (exact) mass is 739 g/mol. The van der Waals surface area contributed by atoms with Crippen LogP contribution in [0.2, 0.25) is 0 Å². The number of amides is 2. The Morgan fingerprint density at radius 2 is 1.61 bits per heavy atom. The van der Waals surface area contributed by atoms with E-state index < -0.39 is 40.8 Å². The molecule has 54 heavy (non-hydrogen) atoms. The molecule has 11 nitrogen and oxygen atoms in total. The van der Waals surface area contributed by atoms with Crippen LogP contribution in [-0.4, -0.2) is 58.2 Å². The maximum absolute atomic E-state index is 15.4. The summed E-state index contributed by atoms with van der Waals surface area (Å²) in [6, 6.07) is 19.8. The van der Waals surface area contributed by atoms with Gasteiger partial charge in [0.1, 0.15) is 29.4 Å². The molecule has 0 bridgehead atoms. The Labute approximate surface area is 313 Å². The Hall–Kier alpha value is -6.03. The van der Waals surface area contributed by atoms with E-state index in [2.05, 4.69) is 15.6 Å². The summed E-state index contributed by atoms with van der Waals surface area (Å²) in [5.74, 6) is -2.05. The molecule has 1 fully saturated rings. The molecule has 5 rings (SSSR count). The SMILES string of the molecule is CC(C)(C)OC(=O)c1ccc(NC(=O)Cc2ccc(-c3cccc(OCc4ccc(C#N)cc4F)n3)cc2F)c(NCC2CCN2C(=O)OC(C)(C)C)c1. The number of likely N-dealkylation sites (tertiary alicyclic amines) is 1. The van der Waals surface area contributed by atoms with E-state index >= 15 is 4.39 Å². The lowest BCUT2D eigenvalue weighted by molar-refractivity contribution is -0.115. The molecule has 1 aromatic heterocycles. The number of halogens is 2. The van der Waals surface area contributed by atoms with Gasteiger partial charge in [-0.05, 0) is 96.0 Å². The minimum absolute atomic E-state index is 0.123. The molecule has 0 radical (unpaired) electrons. The molecule has 0 saturated carbocycles. The molecule has 4 aromatic rings. The summed E-state index contributed by atoms with van der Waals surface area (Å²) in [4.78, 5) is 44.9. The maximum Gasteiger partial charge on any atom is 0.410 e. The quantitative estimate of drug-likeness (QED) is 0.146. The average molecular weight is 740 g/mol. The van der Waals surface area contributed by atoms with E-state index in [1.807, 2.05) is 6.07 Å². The third-order valence-corrected chi connectivity index (χ3v) is 8.21. The van der Waals surface area contributed by atoms with Crippen molar-refractivity contribution in [3.63, 3.8) is 0 Å². The molecule has 2 amide bonds. The fourth-order valence-electron chi connectivity index (χ4n) is 5.46. The van der Waals surface area contributed by atoms with Crippen molar-refractivity contribution in [3.05, 3.63) is 107 Å². The van der Waals surface area contributed by atoms with Crippen LogP contribution >= 0.6 is 0 Å². The Bertz CT molecular complexity index is 2090. The van der Waals surface area contributed by atoms with Gasteiger partial charge >= 0.3 is 12.1 Å². The molecule has 0 aliphatic carbocycles. The van der Waals surface area contributed by atoms with Gasteiger partial charge in [-0.2, -0.15) is 5.26 Å². The first-order chi connectivity index (χ1) is 25.5. The predicted octanol–water partition coefficient (Wildman–Crippen LogP) is 8.04. The second-order valence-electron chi connectivity index (χ2n) is 14.9. The van der Waals surface area contributed by atoms with Gasteiger partial charge in [0, 0.05) is 30.3 Å². The Morgan fingerprint density at radius 3 is 2.26 bits per heavy atom. The highest BCUT2D eigenvalue weighted by molar-refractivity contribution is 5.98. The second-order valence-corrected chi connectivity index (χ2v) is 14.9. The maximum atomic E-state index is 15.4. The number of anilines is 2. The van der Waals surface area contributed by atoms with Crippen molar-refractivity contribution < 1.29 is 37.4 Å². The Kier molecular flexibility index (Phi) is 11.8. The van der Waals surface area contributed by atoms with Gasteiger partial charge in [-0.3, -0.25) is 4.79 Å². The number of nitrogens with zero attached hydrogens (tertiary/aromatic N) is 3. The molecule has 3 aromatic carbocycles. The summed E-state index contributed by atoms with van der Waals surface area (Å²) in [5, 5.41) is 15.0. The Balaban J connectivity index is 1.26. The van der Waals surface area contributed by atoms with Gasteiger partial charge in [0.25, 0.3) is 0 Å². The van der Waals surface area contributed by atoms with Crippen molar-refractivity contribution in [2.75, 3.05) is 23.7 Å². The minimum Gasteiger partial charge on any atom is -0.473 e. The molecule has 1 unspecified atom stereocenters. The van der Waals surface area contributed by atoms with E-state index in [9.17, 15) is 18.8 Å². The van der Waals surface area contributed by atoms with Gasteiger partial charge in [0.05, 0.1) is 46.7 Å². The third-order valence-electron chi connectivity index (χ3n) is 8.21. The molecule has 1 aliphatic rings. The van der Waals surface area contributed by atoms with Crippen LogP contribution in [0.1, 0.15) is 75.0 Å². The molecule has 13 heteroatoms. The van der Waals surface area contributed by atoms with E-state index in [0.29, 0.717) is 35.7 Å². The number of ether oxygens (including phenoxy) is 3. The van der Waals surface area contributed by atoms with E-state index in [1.165, 1.54) is 30.3 Å². The highest BCUT2D eigenvalue weighted by atomic mass is 19.1. The van der Waals surface area contributed by atoms with Crippen LogP contribution in [0.5, 0.6) is 5.88 Å². The van der Waals surface area contributed by atoms with E-state index in [-0.39, 0.29) is 47.2 Å². The standard InChI is InChI=1S/C41H43F2N5O6/c1-40(2,3)53-38(50)28-14-15-34(35(20-28)45-23-30-16-17-48(30)39(51)54-41(4,5)6)46-36(49)21-26-12-13-27(19-32(26)43)33-8-7-9-37(47-33)52-24-29-11-10-25(22-44)18-31(29)42/h7-15,18-20,30,45H,16-17,21,23-24H2,1-6H3,(H,46,49). The number of aromatic nitrogens is 1. The van der Waals surface area contributed by atoms with Crippen LogP contribution in [0.25, 0.3) is 11.3 Å². The number of carbonyl (C=O) groups is 3. The molecular formula is C41H43F2N5O6. The first-order valence-electron chi connectivity index (χ1n) is 17.5. The van der Waals surface area contributed by atoms with Gasteiger partial charge in [0.15, 0.2) is 0 Å². The summed E-state index contributed by atoms with van der Waals surface area (Å²) in [6.45, 7) is 11.4. The van der Waals surface area contributed by atoms with Crippen LogP contribution in [-0.2, 0) is 27.3 Å². The zero-order valence-corrected chi connectivity index (χ0v) is 31.1. The molecular weight excluding hydrogens is 696 g/mol. The molecule has 0 spiro atoms. The van der Waals surface area contributed by atoms with Crippen LogP contribution < -0.4 is 15.4 Å². The summed E-state index contributed by atoms with van der Waals surface area (Å²) >= 11 is 0. The fraction of sp³-hybridized carbons (Fsp3) is 0.341. The number of nitrogens with one attached hydrogen (secondary N) is 2. The topological polar surface area (TPSA) is 143 Å². The van der Waals surface area contributed by atoms with Gasteiger partial charge in [0.2, 0.25) is 11.8 Å². The van der Waals surface area contributed by atoms with Gasteiger partial charge < -0.3 is 29.7 Å². The predicted molar refractivity (Wildman–Crippen MR) is 199 cm³/mol. The second kappa shape index (κ2) is 16.3. The summed E-state index contributed by atoms with van der Waals surface area (Å²) in [5.41, 5.74) is 1.10. The first kappa shape index (κ1) is 39.2. The first-order valence-corrected chi connectivity index (χ1v) is 17.5. The van der Waals surface area contributed by atoms with E-state index in [4.69, 9.17) is 19.5 Å². The normalized spacial score (nSPS) is 14.0. The molecule has 2 heterocycles. The third kappa shape index (κ3) is 10.5. The van der Waals surface area contributed by atoms with E-state index in [0.717, 1.165) is 12.5 Å². The van der Waals surface area contributed by atoms with Gasteiger partial charge in [-0.1, -0.05) is 24.3 Å². The number of pyridine rings is 1. The van der Waals surface area contributed by atoms with Crippen LogP contribution in [0.15, 0.2) is 72.8 Å². The van der Waals surface area contributed by atoms with E-state index in [1.54, 1.807) is 82.8 Å². The van der Waals surface area contributed by atoms with Crippen molar-refractivity contribution in [2.45, 2.75) is 78.2 Å². The van der Waals surface area contributed by atoms with Crippen molar-refractivity contribution in [3.8, 4) is 23.2 Å². The fourth-order valence-corrected chi connectivity index (χ4v) is 5.46. The lowest BCUT2D eigenvalue weighted by Gasteiger charge is -2.41. The number of carbonyl (C=O) groups excluding carboxylic acids is 3. The van der Waals surface area contributed by atoms with Gasteiger partial charge in [-0.15, -0.1) is 0 Å². The molecule has 2 N–H and O–H groups in total. The molecule has 1 atom stereocenters. The summed E-state index contributed by atoms with van der Waals surface area (Å²) in [7, 11) is 0. The van der Waals surface area contributed by atoms with Crippen LogP contribution in [0.3, 0.4) is 0 Å². The molecule has 1 aliphatic heterocycles. The smallest absolute Gasteiger partial charge is 0.410 e. The number of nitriles is 1. The molecule has 1 saturated heterocycles. The highest BCUT2D eigenvalue weighted by Gasteiger charge is 2.35. The van der Waals surface area contributed by atoms with Crippen LogP contribution in [0, 0.1) is 23.0 Å². The number of benzene rings is 3. The number of hydrogen-bond acceptors (Lipinski definition) is 9. The number of esters is 1. The summed E-state index contributed by atoms with van der Waals surface area (Å²) in [6.07, 6.45) is 0.0273. The van der Waals surface area contributed by atoms with Crippen molar-refractivity contribution in [2.24, 2.45) is 0 Å².